The van der Waals surface area contributed by atoms with Crippen LogP contribution in [0.5, 0.6) is 0 Å². The SMILES string of the molecule is CC/C=C/C/C=C/C/C=C/C/C=C/C/C=C/C/C=C/CCCCC(=O)OCC(COCCC(C(=O)[O-])[N+](C)(C)C)OC(=O)CCCCCCCC/C=C/C/C=C/C/C=C/C/C=C/C/C=C/CC. The molecule has 0 aromatic heterocycles. The van der Waals surface area contributed by atoms with Gasteiger partial charge in [-0.3, -0.25) is 9.59 Å². The fourth-order valence-electron chi connectivity index (χ4n) is 6.63. The smallest absolute Gasteiger partial charge is 0.306 e. The van der Waals surface area contributed by atoms with Crippen molar-refractivity contribution < 1.29 is 38.2 Å². The molecule has 8 nitrogen and oxygen atoms in total. The second kappa shape index (κ2) is 47.9. The van der Waals surface area contributed by atoms with Gasteiger partial charge in [0.15, 0.2) is 6.10 Å². The Kier molecular flexibility index (Phi) is 44.7. The molecule has 2 unspecified atom stereocenters. The van der Waals surface area contributed by atoms with Gasteiger partial charge in [-0.05, 0) is 109 Å². The minimum absolute atomic E-state index is 0.0104. The molecule has 0 aromatic rings. The van der Waals surface area contributed by atoms with Crippen LogP contribution < -0.4 is 5.11 Å². The lowest BCUT2D eigenvalue weighted by atomic mass is 10.1. The first-order chi connectivity index (χ1) is 32.6. The average Bonchev–Trinajstić information content (AvgIpc) is 3.29. The molecule has 0 spiro atoms. The Labute approximate surface area is 409 Å². The maximum atomic E-state index is 12.8. The normalized spacial score (nSPS) is 14.0. The second-order valence-electron chi connectivity index (χ2n) is 17.6. The predicted molar refractivity (Wildman–Crippen MR) is 281 cm³/mol. The van der Waals surface area contributed by atoms with E-state index in [1.54, 1.807) is 21.1 Å². The van der Waals surface area contributed by atoms with E-state index in [1.807, 2.05) is 0 Å². The second-order valence-corrected chi connectivity index (χ2v) is 17.6. The maximum Gasteiger partial charge on any atom is 0.306 e. The van der Waals surface area contributed by atoms with Gasteiger partial charge in [0.25, 0.3) is 0 Å². The molecule has 0 saturated heterocycles. The number of esters is 2. The predicted octanol–water partition coefficient (Wildman–Crippen LogP) is 13.8. The summed E-state index contributed by atoms with van der Waals surface area (Å²) in [5.74, 6) is -1.83. The summed E-state index contributed by atoms with van der Waals surface area (Å²) in [7, 11) is 5.38. The van der Waals surface area contributed by atoms with Crippen LogP contribution in [0.15, 0.2) is 134 Å². The van der Waals surface area contributed by atoms with Gasteiger partial charge in [0.2, 0.25) is 0 Å². The molecule has 2 atom stereocenters. The van der Waals surface area contributed by atoms with Gasteiger partial charge in [-0.2, -0.15) is 0 Å². The molecular formula is C59H93NO7. The van der Waals surface area contributed by atoms with Gasteiger partial charge in [0.1, 0.15) is 12.6 Å². The molecule has 0 N–H and O–H groups in total. The molecule has 0 aliphatic heterocycles. The van der Waals surface area contributed by atoms with Crippen molar-refractivity contribution >= 4 is 17.9 Å². The van der Waals surface area contributed by atoms with Crippen LogP contribution in [0, 0.1) is 0 Å². The summed E-state index contributed by atoms with van der Waals surface area (Å²) in [5, 5.41) is 11.7. The number of carboxylic acid groups (broad SMARTS) is 1. The van der Waals surface area contributed by atoms with Crippen molar-refractivity contribution in [3.63, 3.8) is 0 Å². The standard InChI is InChI=1S/C59H93NO7/c1-6-8-10-12-14-16-18-20-22-24-26-28-30-32-34-36-38-40-42-44-46-48-50-58(62)67-55(53-65-52-51-56(59(63)64)60(3,4)5)54-66-57(61)49-47-45-43-41-39-37-35-33-31-29-27-25-23-21-19-17-15-13-11-9-7-2/h8-11,14-17,20-23,26-29,32-35,39,41,55-56H,6-7,12-13,18-19,24-25,30-31,36-38,40,42-54H2,1-5H3/b10-8+,11-9+,16-14+,17-15+,22-20+,23-21+,28-26+,29-27+,34-32+,35-33+,41-39+. The highest BCUT2D eigenvalue weighted by molar-refractivity contribution is 5.70. The van der Waals surface area contributed by atoms with Crippen LogP contribution in [0.2, 0.25) is 0 Å². The van der Waals surface area contributed by atoms with Gasteiger partial charge in [-0.15, -0.1) is 0 Å². The summed E-state index contributed by atoms with van der Waals surface area (Å²) in [6.07, 6.45) is 69.1. The number of carboxylic acids is 1. The molecular weight excluding hydrogens is 835 g/mol. The molecule has 0 heterocycles. The molecule has 8 heteroatoms. The van der Waals surface area contributed by atoms with Crippen LogP contribution in [-0.4, -0.2) is 75.5 Å². The summed E-state index contributed by atoms with van der Waals surface area (Å²) < 4.78 is 17.2. The zero-order valence-corrected chi connectivity index (χ0v) is 42.8. The van der Waals surface area contributed by atoms with Crippen molar-refractivity contribution in [1.82, 2.24) is 0 Å². The summed E-state index contributed by atoms with van der Waals surface area (Å²) in [5.41, 5.74) is 0. The van der Waals surface area contributed by atoms with Crippen molar-refractivity contribution in [1.29, 1.82) is 0 Å². The van der Waals surface area contributed by atoms with Crippen molar-refractivity contribution in [3.8, 4) is 0 Å². The highest BCUT2D eigenvalue weighted by Gasteiger charge is 2.25. The zero-order valence-electron chi connectivity index (χ0n) is 42.8. The molecule has 67 heavy (non-hydrogen) atoms. The van der Waals surface area contributed by atoms with E-state index in [0.717, 1.165) is 122 Å². The third-order valence-corrected chi connectivity index (χ3v) is 10.5. The van der Waals surface area contributed by atoms with E-state index in [-0.39, 0.29) is 55.5 Å². The third kappa shape index (κ3) is 46.4. The Morgan fingerprint density at radius 1 is 0.448 bits per heavy atom. The van der Waals surface area contributed by atoms with Crippen LogP contribution >= 0.6 is 0 Å². The molecule has 0 rings (SSSR count). The van der Waals surface area contributed by atoms with Crippen LogP contribution in [0.3, 0.4) is 0 Å². The first kappa shape index (κ1) is 62.5. The fourth-order valence-corrected chi connectivity index (χ4v) is 6.63. The molecule has 0 fully saturated rings. The molecule has 0 radical (unpaired) electrons. The molecule has 376 valence electrons. The Bertz CT molecular complexity index is 1550. The van der Waals surface area contributed by atoms with E-state index in [1.165, 1.54) is 6.42 Å². The van der Waals surface area contributed by atoms with Crippen LogP contribution in [-0.2, 0) is 28.6 Å². The van der Waals surface area contributed by atoms with Crippen LogP contribution in [0.25, 0.3) is 0 Å². The number of hydrogen-bond donors (Lipinski definition) is 0. The van der Waals surface area contributed by atoms with Crippen molar-refractivity contribution in [2.45, 2.75) is 180 Å². The van der Waals surface area contributed by atoms with Crippen molar-refractivity contribution in [3.05, 3.63) is 134 Å². The number of quaternary nitrogens is 1. The van der Waals surface area contributed by atoms with E-state index >= 15 is 0 Å². The average molecular weight is 928 g/mol. The number of carbonyl (C=O) groups is 3. The van der Waals surface area contributed by atoms with E-state index in [0.29, 0.717) is 6.42 Å². The quantitative estimate of drug-likeness (QED) is 0.0259. The van der Waals surface area contributed by atoms with Gasteiger partial charge in [0, 0.05) is 19.3 Å². The number of nitrogens with zero attached hydrogens (tertiary/aromatic N) is 1. The molecule has 0 aliphatic carbocycles. The number of aliphatic carboxylic acids is 1. The molecule has 0 saturated carbocycles. The highest BCUT2D eigenvalue weighted by Crippen LogP contribution is 2.12. The topological polar surface area (TPSA) is 102 Å². The summed E-state index contributed by atoms with van der Waals surface area (Å²) in [4.78, 5) is 37.1. The minimum atomic E-state index is -1.14. The van der Waals surface area contributed by atoms with Crippen molar-refractivity contribution in [2.75, 3.05) is 41.0 Å². The van der Waals surface area contributed by atoms with E-state index < -0.39 is 18.1 Å². The Morgan fingerprint density at radius 2 is 0.791 bits per heavy atom. The molecule has 0 aliphatic rings. The van der Waals surface area contributed by atoms with Crippen molar-refractivity contribution in [2.24, 2.45) is 0 Å². The van der Waals surface area contributed by atoms with Gasteiger partial charge in [0.05, 0.1) is 40.3 Å². The van der Waals surface area contributed by atoms with Gasteiger partial charge in [-0.25, -0.2) is 0 Å². The maximum absolute atomic E-state index is 12.8. The molecule has 0 amide bonds. The highest BCUT2D eigenvalue weighted by atomic mass is 16.6. The number of likely N-dealkylation sites (N-methyl/N-ethyl adjacent to an activating group) is 1. The number of unbranched alkanes of at least 4 members (excludes halogenated alkanes) is 8. The zero-order chi connectivity index (χ0) is 49.2. The lowest BCUT2D eigenvalue weighted by molar-refractivity contribution is -0.889. The lowest BCUT2D eigenvalue weighted by Gasteiger charge is -2.34. The van der Waals surface area contributed by atoms with E-state index in [2.05, 4.69) is 148 Å². The molecule has 0 bridgehead atoms. The monoisotopic (exact) mass is 928 g/mol. The van der Waals surface area contributed by atoms with E-state index in [4.69, 9.17) is 14.2 Å². The largest absolute Gasteiger partial charge is 0.544 e. The number of ether oxygens (including phenoxy) is 3. The van der Waals surface area contributed by atoms with Crippen LogP contribution in [0.1, 0.15) is 168 Å². The van der Waals surface area contributed by atoms with Gasteiger partial charge >= 0.3 is 11.9 Å². The minimum Gasteiger partial charge on any atom is -0.544 e. The molecule has 0 aromatic carbocycles. The third-order valence-electron chi connectivity index (χ3n) is 10.5. The summed E-state index contributed by atoms with van der Waals surface area (Å²) >= 11 is 0. The summed E-state index contributed by atoms with van der Waals surface area (Å²) in [6.45, 7) is 4.35. The lowest BCUT2D eigenvalue weighted by Crippen LogP contribution is -2.55. The summed E-state index contributed by atoms with van der Waals surface area (Å²) in [6, 6.07) is -0.746. The van der Waals surface area contributed by atoms with Gasteiger partial charge in [-0.1, -0.05) is 173 Å². The number of hydrogen-bond acceptors (Lipinski definition) is 7. The Morgan fingerprint density at radius 3 is 1.19 bits per heavy atom. The van der Waals surface area contributed by atoms with E-state index in [9.17, 15) is 19.5 Å². The van der Waals surface area contributed by atoms with Gasteiger partial charge < -0.3 is 28.6 Å². The number of carbonyl (C=O) groups excluding carboxylic acids is 3. The number of allylic oxidation sites excluding steroid dienone is 22. The first-order valence-corrected chi connectivity index (χ1v) is 25.7. The Balaban J connectivity index is 4.40. The fraction of sp³-hybridized carbons (Fsp3) is 0.576. The Hall–Kier alpha value is -4.53. The first-order valence-electron chi connectivity index (χ1n) is 25.7. The number of rotatable bonds is 44. The van der Waals surface area contributed by atoms with Crippen LogP contribution in [0.4, 0.5) is 0 Å².